The minimum absolute atomic E-state index is 0.258. The Hall–Kier alpha value is -1.02. The highest BCUT2D eigenvalue weighted by molar-refractivity contribution is 5.34. The third-order valence-electron chi connectivity index (χ3n) is 2.70. The lowest BCUT2D eigenvalue weighted by Crippen LogP contribution is -2.26. The van der Waals surface area contributed by atoms with Crippen LogP contribution in [0.4, 0.5) is 0 Å². The molecule has 1 aromatic carbocycles. The van der Waals surface area contributed by atoms with Gasteiger partial charge in [-0.3, -0.25) is 4.90 Å². The Balaban J connectivity index is 2.76. The van der Waals surface area contributed by atoms with Crippen LogP contribution in [0, 0.1) is 5.92 Å². The first kappa shape index (κ1) is 12.1. The smallest absolute Gasteiger partial charge is 0.120 e. The number of hydrogen-bond acceptors (Lipinski definition) is 2. The molecule has 0 saturated carbocycles. The topological polar surface area (TPSA) is 23.5 Å². The summed E-state index contributed by atoms with van der Waals surface area (Å²) in [5.74, 6) is 1.03. The second kappa shape index (κ2) is 5.17. The molecule has 0 radical (unpaired) electrons. The summed E-state index contributed by atoms with van der Waals surface area (Å²) < 4.78 is 0. The van der Waals surface area contributed by atoms with Gasteiger partial charge in [-0.15, -0.1) is 0 Å². The maximum atomic E-state index is 9.74. The van der Waals surface area contributed by atoms with E-state index in [0.29, 0.717) is 11.7 Å². The lowest BCUT2D eigenvalue weighted by Gasteiger charge is -2.27. The van der Waals surface area contributed by atoms with Crippen molar-refractivity contribution in [3.05, 3.63) is 29.8 Å². The van der Waals surface area contributed by atoms with Crippen LogP contribution in [0.25, 0.3) is 0 Å². The number of para-hydroxylation sites is 1. The average Bonchev–Trinajstić information content (AvgIpc) is 2.16. The number of phenols is 1. The van der Waals surface area contributed by atoms with E-state index < -0.39 is 0 Å². The fourth-order valence-corrected chi connectivity index (χ4v) is 1.81. The number of phenolic OH excluding ortho intramolecular Hbond substituents is 1. The van der Waals surface area contributed by atoms with Gasteiger partial charge in [0.2, 0.25) is 0 Å². The first-order chi connectivity index (χ1) is 7.02. The molecule has 1 unspecified atom stereocenters. The molecule has 0 amide bonds. The van der Waals surface area contributed by atoms with E-state index in [1.54, 1.807) is 6.07 Å². The highest BCUT2D eigenvalue weighted by Gasteiger charge is 2.15. The van der Waals surface area contributed by atoms with Crippen LogP contribution >= 0.6 is 0 Å². The zero-order valence-electron chi connectivity index (χ0n) is 10.1. The molecule has 15 heavy (non-hydrogen) atoms. The van der Waals surface area contributed by atoms with Crippen molar-refractivity contribution in [1.82, 2.24) is 4.90 Å². The Kier molecular flexibility index (Phi) is 4.15. The first-order valence-electron chi connectivity index (χ1n) is 5.50. The molecule has 0 fully saturated rings. The standard InChI is InChI=1S/C13H21NO/c1-10(2)9-14(4)11(3)12-7-5-6-8-13(12)15/h5-8,10-11,15H,9H2,1-4H3. The third-order valence-corrected chi connectivity index (χ3v) is 2.70. The van der Waals surface area contributed by atoms with Gasteiger partial charge in [-0.1, -0.05) is 32.0 Å². The Bertz CT molecular complexity index is 309. The number of nitrogens with zero attached hydrogens (tertiary/aromatic N) is 1. The van der Waals surface area contributed by atoms with Crippen molar-refractivity contribution in [2.24, 2.45) is 5.92 Å². The van der Waals surface area contributed by atoms with Gasteiger partial charge in [0.05, 0.1) is 0 Å². The molecule has 0 saturated heterocycles. The van der Waals surface area contributed by atoms with E-state index in [0.717, 1.165) is 12.1 Å². The van der Waals surface area contributed by atoms with E-state index in [4.69, 9.17) is 0 Å². The molecular weight excluding hydrogens is 186 g/mol. The molecule has 2 nitrogen and oxygen atoms in total. The van der Waals surface area contributed by atoms with Crippen molar-refractivity contribution >= 4 is 0 Å². The first-order valence-corrected chi connectivity index (χ1v) is 5.50. The molecule has 1 atom stereocenters. The zero-order valence-corrected chi connectivity index (χ0v) is 10.1. The van der Waals surface area contributed by atoms with E-state index in [9.17, 15) is 5.11 Å². The maximum Gasteiger partial charge on any atom is 0.120 e. The third kappa shape index (κ3) is 3.24. The lowest BCUT2D eigenvalue weighted by atomic mass is 10.1. The zero-order chi connectivity index (χ0) is 11.4. The van der Waals surface area contributed by atoms with Crippen molar-refractivity contribution in [2.75, 3.05) is 13.6 Å². The van der Waals surface area contributed by atoms with E-state index in [2.05, 4.69) is 32.7 Å². The van der Waals surface area contributed by atoms with E-state index in [1.165, 1.54) is 0 Å². The molecular formula is C13H21NO. The molecule has 0 heterocycles. The van der Waals surface area contributed by atoms with Crippen molar-refractivity contribution in [1.29, 1.82) is 0 Å². The van der Waals surface area contributed by atoms with Gasteiger partial charge in [0.15, 0.2) is 0 Å². The average molecular weight is 207 g/mol. The summed E-state index contributed by atoms with van der Waals surface area (Å²) in [5, 5.41) is 9.74. The minimum atomic E-state index is 0.258. The molecule has 0 aromatic heterocycles. The van der Waals surface area contributed by atoms with Crippen LogP contribution in [0.2, 0.25) is 0 Å². The van der Waals surface area contributed by atoms with Crippen molar-refractivity contribution in [3.8, 4) is 5.75 Å². The molecule has 84 valence electrons. The Morgan fingerprint density at radius 1 is 1.20 bits per heavy atom. The van der Waals surface area contributed by atoms with Crippen LogP contribution < -0.4 is 0 Å². The van der Waals surface area contributed by atoms with Crippen LogP contribution in [0.15, 0.2) is 24.3 Å². The number of benzene rings is 1. The molecule has 1 rings (SSSR count). The highest BCUT2D eigenvalue weighted by atomic mass is 16.3. The summed E-state index contributed by atoms with van der Waals surface area (Å²) in [5.41, 5.74) is 1.00. The molecule has 2 heteroatoms. The second-order valence-corrected chi connectivity index (χ2v) is 4.57. The van der Waals surface area contributed by atoms with Crippen molar-refractivity contribution < 1.29 is 5.11 Å². The molecule has 0 aliphatic rings. The Morgan fingerprint density at radius 2 is 1.80 bits per heavy atom. The van der Waals surface area contributed by atoms with Crippen LogP contribution in [-0.2, 0) is 0 Å². The summed E-state index contributed by atoms with van der Waals surface area (Å²) >= 11 is 0. The summed E-state index contributed by atoms with van der Waals surface area (Å²) in [6, 6.07) is 7.81. The van der Waals surface area contributed by atoms with Gasteiger partial charge in [0, 0.05) is 18.2 Å². The highest BCUT2D eigenvalue weighted by Crippen LogP contribution is 2.27. The fraction of sp³-hybridized carbons (Fsp3) is 0.538. The van der Waals surface area contributed by atoms with Crippen molar-refractivity contribution in [3.63, 3.8) is 0 Å². The summed E-state index contributed by atoms with van der Waals surface area (Å²) in [6.07, 6.45) is 0. The quantitative estimate of drug-likeness (QED) is 0.820. The van der Waals surface area contributed by atoms with E-state index in [1.807, 2.05) is 18.2 Å². The van der Waals surface area contributed by atoms with Crippen LogP contribution in [-0.4, -0.2) is 23.6 Å². The number of aromatic hydroxyl groups is 1. The predicted molar refractivity (Wildman–Crippen MR) is 64.0 cm³/mol. The molecule has 1 N–H and O–H groups in total. The van der Waals surface area contributed by atoms with Crippen LogP contribution in [0.3, 0.4) is 0 Å². The molecule has 1 aromatic rings. The maximum absolute atomic E-state index is 9.74. The molecule has 0 spiro atoms. The molecule has 0 bridgehead atoms. The van der Waals surface area contributed by atoms with Gasteiger partial charge in [-0.2, -0.15) is 0 Å². The van der Waals surface area contributed by atoms with Gasteiger partial charge in [-0.05, 0) is 26.0 Å². The fourth-order valence-electron chi connectivity index (χ4n) is 1.81. The largest absolute Gasteiger partial charge is 0.508 e. The van der Waals surface area contributed by atoms with Gasteiger partial charge in [0.25, 0.3) is 0 Å². The van der Waals surface area contributed by atoms with Gasteiger partial charge in [-0.25, -0.2) is 0 Å². The van der Waals surface area contributed by atoms with Gasteiger partial charge >= 0.3 is 0 Å². The Labute approximate surface area is 92.5 Å². The summed E-state index contributed by atoms with van der Waals surface area (Å²) in [7, 11) is 2.09. The number of rotatable bonds is 4. The van der Waals surface area contributed by atoms with Crippen LogP contribution in [0.1, 0.15) is 32.4 Å². The predicted octanol–water partition coefficient (Wildman–Crippen LogP) is 3.04. The van der Waals surface area contributed by atoms with Gasteiger partial charge in [0.1, 0.15) is 5.75 Å². The lowest BCUT2D eigenvalue weighted by molar-refractivity contribution is 0.229. The number of hydrogen-bond donors (Lipinski definition) is 1. The SMILES string of the molecule is CC(C)CN(C)C(C)c1ccccc1O. The van der Waals surface area contributed by atoms with Crippen molar-refractivity contribution in [2.45, 2.75) is 26.8 Å². The van der Waals surface area contributed by atoms with Crippen LogP contribution in [0.5, 0.6) is 5.75 Å². The second-order valence-electron chi connectivity index (χ2n) is 4.57. The monoisotopic (exact) mass is 207 g/mol. The van der Waals surface area contributed by atoms with E-state index >= 15 is 0 Å². The Morgan fingerprint density at radius 3 is 2.33 bits per heavy atom. The summed E-state index contributed by atoms with van der Waals surface area (Å²) in [4.78, 5) is 2.26. The minimum Gasteiger partial charge on any atom is -0.508 e. The summed E-state index contributed by atoms with van der Waals surface area (Å²) in [6.45, 7) is 7.56. The molecule has 0 aliphatic heterocycles. The molecule has 0 aliphatic carbocycles. The normalized spacial score (nSPS) is 13.5. The van der Waals surface area contributed by atoms with Gasteiger partial charge < -0.3 is 5.11 Å². The van der Waals surface area contributed by atoms with E-state index in [-0.39, 0.29) is 6.04 Å².